The number of benzene rings is 2. The molecule has 130 valence electrons. The molecular weight excluding hydrogens is 314 g/mol. The van der Waals surface area contributed by atoms with Gasteiger partial charge in [-0.1, -0.05) is 42.5 Å². The van der Waals surface area contributed by atoms with Crippen molar-refractivity contribution in [1.29, 1.82) is 0 Å². The summed E-state index contributed by atoms with van der Waals surface area (Å²) < 4.78 is 0. The average Bonchev–Trinajstić information content (AvgIpc) is 2.63. The number of likely N-dealkylation sites (tertiary alicyclic amines) is 1. The number of nitrogens with one attached hydrogen (secondary N) is 2. The van der Waals surface area contributed by atoms with Crippen LogP contribution >= 0.6 is 0 Å². The van der Waals surface area contributed by atoms with Gasteiger partial charge in [-0.2, -0.15) is 0 Å². The third-order valence-corrected chi connectivity index (χ3v) is 4.71. The number of primary amides is 1. The molecule has 0 radical (unpaired) electrons. The van der Waals surface area contributed by atoms with Crippen LogP contribution in [-0.4, -0.2) is 31.4 Å². The van der Waals surface area contributed by atoms with Gasteiger partial charge in [0.05, 0.1) is 19.0 Å². The van der Waals surface area contributed by atoms with Crippen molar-refractivity contribution in [3.8, 4) is 11.1 Å². The molecule has 2 atom stereocenters. The van der Waals surface area contributed by atoms with Gasteiger partial charge in [-0.05, 0) is 36.1 Å². The molecule has 2 amide bonds. The summed E-state index contributed by atoms with van der Waals surface area (Å²) in [4.78, 5) is 24.7. The molecule has 0 spiro atoms. The maximum atomic E-state index is 12.3. The Bertz CT molecular complexity index is 728. The zero-order chi connectivity index (χ0) is 17.6. The second kappa shape index (κ2) is 7.94. The smallest absolute Gasteiger partial charge is 0.279 e. The fraction of sp³-hybridized carbons (Fsp3) is 0.300. The average molecular weight is 338 g/mol. The van der Waals surface area contributed by atoms with Gasteiger partial charge in [-0.25, -0.2) is 0 Å². The Morgan fingerprint density at radius 1 is 1.04 bits per heavy atom. The van der Waals surface area contributed by atoms with Crippen molar-refractivity contribution in [3.63, 3.8) is 0 Å². The highest BCUT2D eigenvalue weighted by molar-refractivity contribution is 5.91. The van der Waals surface area contributed by atoms with E-state index in [9.17, 15) is 9.59 Å². The summed E-state index contributed by atoms with van der Waals surface area (Å²) in [5, 5.41) is 2.94. The Balaban J connectivity index is 1.55. The first kappa shape index (κ1) is 17.2. The first-order chi connectivity index (χ1) is 12.1. The number of amides is 2. The monoisotopic (exact) mass is 338 g/mol. The van der Waals surface area contributed by atoms with Crippen LogP contribution in [0.4, 0.5) is 5.69 Å². The van der Waals surface area contributed by atoms with Crippen LogP contribution in [-0.2, 0) is 9.59 Å². The van der Waals surface area contributed by atoms with Gasteiger partial charge >= 0.3 is 0 Å². The van der Waals surface area contributed by atoms with Crippen LogP contribution in [0, 0.1) is 5.92 Å². The first-order valence-electron chi connectivity index (χ1n) is 8.70. The lowest BCUT2D eigenvalue weighted by Gasteiger charge is -2.27. The van der Waals surface area contributed by atoms with E-state index in [1.165, 1.54) is 0 Å². The lowest BCUT2D eigenvalue weighted by Crippen LogP contribution is -3.14. The molecule has 0 bridgehead atoms. The van der Waals surface area contributed by atoms with Crippen molar-refractivity contribution in [1.82, 2.24) is 0 Å². The number of piperidine rings is 1. The SMILES string of the molecule is NC(=O)[C@@H]1CCC[NH+](CC(=O)Nc2ccc(-c3ccccc3)cc2)C1. The van der Waals surface area contributed by atoms with Crippen molar-refractivity contribution >= 4 is 17.5 Å². The van der Waals surface area contributed by atoms with Crippen LogP contribution in [0.25, 0.3) is 11.1 Å². The predicted octanol–water partition coefficient (Wildman–Crippen LogP) is 1.07. The number of quaternary nitrogens is 1. The largest absolute Gasteiger partial charge is 0.369 e. The number of carbonyl (C=O) groups excluding carboxylic acids is 2. The fourth-order valence-corrected chi connectivity index (χ4v) is 3.36. The number of anilines is 1. The lowest BCUT2D eigenvalue weighted by molar-refractivity contribution is -0.899. The molecule has 25 heavy (non-hydrogen) atoms. The second-order valence-electron chi connectivity index (χ2n) is 6.61. The Hall–Kier alpha value is -2.66. The molecular formula is C20H24N3O2+. The van der Waals surface area contributed by atoms with Crippen LogP contribution in [0.2, 0.25) is 0 Å². The molecule has 1 fully saturated rings. The first-order valence-corrected chi connectivity index (χ1v) is 8.70. The van der Waals surface area contributed by atoms with Gasteiger partial charge in [0.15, 0.2) is 6.54 Å². The van der Waals surface area contributed by atoms with E-state index in [0.29, 0.717) is 13.1 Å². The molecule has 0 aliphatic carbocycles. The van der Waals surface area contributed by atoms with E-state index in [4.69, 9.17) is 5.73 Å². The van der Waals surface area contributed by atoms with Crippen LogP contribution in [0.3, 0.4) is 0 Å². The number of hydrogen-bond acceptors (Lipinski definition) is 2. The molecule has 1 saturated heterocycles. The zero-order valence-corrected chi connectivity index (χ0v) is 14.2. The van der Waals surface area contributed by atoms with E-state index in [2.05, 4.69) is 17.4 Å². The zero-order valence-electron chi connectivity index (χ0n) is 14.2. The number of nitrogens with two attached hydrogens (primary N) is 1. The summed E-state index contributed by atoms with van der Waals surface area (Å²) in [6.45, 7) is 1.92. The van der Waals surface area contributed by atoms with Crippen molar-refractivity contribution in [2.24, 2.45) is 11.7 Å². The van der Waals surface area contributed by atoms with Crippen molar-refractivity contribution in [2.45, 2.75) is 12.8 Å². The molecule has 0 saturated carbocycles. The van der Waals surface area contributed by atoms with Gasteiger partial charge in [0, 0.05) is 5.69 Å². The number of rotatable bonds is 5. The van der Waals surface area contributed by atoms with Gasteiger partial charge in [-0.3, -0.25) is 9.59 Å². The quantitative estimate of drug-likeness (QED) is 0.763. The summed E-state index contributed by atoms with van der Waals surface area (Å²) in [5.74, 6) is -0.400. The Kier molecular flexibility index (Phi) is 5.46. The molecule has 4 N–H and O–H groups in total. The Labute approximate surface area is 147 Å². The fourth-order valence-electron chi connectivity index (χ4n) is 3.36. The van der Waals surface area contributed by atoms with E-state index in [0.717, 1.165) is 41.1 Å². The second-order valence-corrected chi connectivity index (χ2v) is 6.61. The lowest BCUT2D eigenvalue weighted by atomic mass is 9.97. The number of hydrogen-bond donors (Lipinski definition) is 3. The normalized spacial score (nSPS) is 20.0. The summed E-state index contributed by atoms with van der Waals surface area (Å²) >= 11 is 0. The van der Waals surface area contributed by atoms with E-state index >= 15 is 0 Å². The van der Waals surface area contributed by atoms with Gasteiger partial charge < -0.3 is 16.0 Å². The highest BCUT2D eigenvalue weighted by atomic mass is 16.2. The van der Waals surface area contributed by atoms with Crippen LogP contribution in [0.15, 0.2) is 54.6 Å². The van der Waals surface area contributed by atoms with Crippen LogP contribution in [0.5, 0.6) is 0 Å². The number of carbonyl (C=O) groups is 2. The highest BCUT2D eigenvalue weighted by Gasteiger charge is 2.28. The molecule has 1 unspecified atom stereocenters. The van der Waals surface area contributed by atoms with Crippen molar-refractivity contribution in [2.75, 3.05) is 25.0 Å². The summed E-state index contributed by atoms with van der Waals surface area (Å²) in [5.41, 5.74) is 8.44. The summed E-state index contributed by atoms with van der Waals surface area (Å²) in [7, 11) is 0. The molecule has 2 aromatic carbocycles. The van der Waals surface area contributed by atoms with Gasteiger partial charge in [0.2, 0.25) is 5.91 Å². The molecule has 1 aliphatic rings. The Morgan fingerprint density at radius 3 is 2.40 bits per heavy atom. The van der Waals surface area contributed by atoms with Crippen LogP contribution < -0.4 is 16.0 Å². The molecule has 2 aromatic rings. The maximum Gasteiger partial charge on any atom is 0.279 e. The Morgan fingerprint density at radius 2 is 1.72 bits per heavy atom. The third kappa shape index (κ3) is 4.67. The van der Waals surface area contributed by atoms with Gasteiger partial charge in [0.25, 0.3) is 5.91 Å². The predicted molar refractivity (Wildman–Crippen MR) is 98.0 cm³/mol. The highest BCUT2D eigenvalue weighted by Crippen LogP contribution is 2.20. The molecule has 3 rings (SSSR count). The molecule has 5 nitrogen and oxygen atoms in total. The van der Waals surface area contributed by atoms with Gasteiger partial charge in [-0.15, -0.1) is 0 Å². The topological polar surface area (TPSA) is 76.6 Å². The van der Waals surface area contributed by atoms with E-state index in [-0.39, 0.29) is 17.7 Å². The van der Waals surface area contributed by atoms with Gasteiger partial charge in [0.1, 0.15) is 0 Å². The van der Waals surface area contributed by atoms with Crippen molar-refractivity contribution < 1.29 is 14.5 Å². The van der Waals surface area contributed by atoms with Crippen molar-refractivity contribution in [3.05, 3.63) is 54.6 Å². The minimum absolute atomic E-state index is 0.0346. The van der Waals surface area contributed by atoms with E-state index in [1.807, 2.05) is 42.5 Å². The minimum Gasteiger partial charge on any atom is -0.369 e. The minimum atomic E-state index is -0.255. The molecule has 5 heteroatoms. The summed E-state index contributed by atoms with van der Waals surface area (Å²) in [6.07, 6.45) is 1.77. The van der Waals surface area contributed by atoms with Crippen LogP contribution in [0.1, 0.15) is 12.8 Å². The molecule has 0 aromatic heterocycles. The maximum absolute atomic E-state index is 12.3. The van der Waals surface area contributed by atoms with E-state index < -0.39 is 0 Å². The third-order valence-electron chi connectivity index (χ3n) is 4.71. The van der Waals surface area contributed by atoms with E-state index in [1.54, 1.807) is 0 Å². The summed E-state index contributed by atoms with van der Waals surface area (Å²) in [6, 6.07) is 18.0. The molecule has 1 heterocycles. The standard InChI is InChI=1S/C20H23N3O2/c21-20(25)17-7-4-12-23(13-17)14-19(24)22-18-10-8-16(9-11-18)15-5-2-1-3-6-15/h1-3,5-6,8-11,17H,4,7,12-14H2,(H2,21,25)(H,22,24)/p+1/t17-/m1/s1. The molecule has 1 aliphatic heterocycles.